The Morgan fingerprint density at radius 3 is 2.62 bits per heavy atom. The Hall–Kier alpha value is -3.11. The molecule has 8 nitrogen and oxygen atoms in total. The van der Waals surface area contributed by atoms with Crippen molar-refractivity contribution in [1.29, 1.82) is 0 Å². The molecule has 0 spiro atoms. The summed E-state index contributed by atoms with van der Waals surface area (Å²) in [4.78, 5) is 30.1. The Balaban J connectivity index is 1.47. The van der Waals surface area contributed by atoms with E-state index >= 15 is 0 Å². The van der Waals surface area contributed by atoms with Crippen LogP contribution in [0.1, 0.15) is 30.1 Å². The first-order chi connectivity index (χ1) is 13.7. The number of piperidine rings is 1. The number of hydrogen-bond acceptors (Lipinski definition) is 5. The van der Waals surface area contributed by atoms with Gasteiger partial charge in [-0.25, -0.2) is 4.79 Å². The number of alkyl halides is 3. The second-order valence-corrected chi connectivity index (χ2v) is 6.72. The molecule has 0 radical (unpaired) electrons. The summed E-state index contributed by atoms with van der Waals surface area (Å²) in [6.45, 7) is 2.45. The number of nitrogens with zero attached hydrogens (tertiary/aromatic N) is 3. The van der Waals surface area contributed by atoms with Crippen LogP contribution in [-0.2, 0) is 17.5 Å². The summed E-state index contributed by atoms with van der Waals surface area (Å²) in [5, 5.41) is 8.84. The summed E-state index contributed by atoms with van der Waals surface area (Å²) in [5.41, 5.74) is -0.762. The first-order valence-electron chi connectivity index (χ1n) is 9.02. The SMILES string of the molecule is Cc1noc(CNC(=O)C2CCN(C(=O)Nc3cccc(C(F)(F)F)c3)CC2)n1. The van der Waals surface area contributed by atoms with Crippen LogP contribution in [0, 0.1) is 12.8 Å². The molecular weight excluding hydrogens is 391 g/mol. The van der Waals surface area contributed by atoms with Gasteiger partial charge in [0.05, 0.1) is 12.1 Å². The molecular formula is C18H20F3N5O3. The zero-order valence-corrected chi connectivity index (χ0v) is 15.6. The van der Waals surface area contributed by atoms with Gasteiger partial charge in [-0.15, -0.1) is 0 Å². The predicted molar refractivity (Wildman–Crippen MR) is 95.6 cm³/mol. The number of likely N-dealkylation sites (tertiary alicyclic amines) is 1. The highest BCUT2D eigenvalue weighted by molar-refractivity contribution is 5.89. The van der Waals surface area contributed by atoms with Crippen molar-refractivity contribution in [3.8, 4) is 0 Å². The van der Waals surface area contributed by atoms with E-state index in [4.69, 9.17) is 4.52 Å². The van der Waals surface area contributed by atoms with E-state index in [9.17, 15) is 22.8 Å². The van der Waals surface area contributed by atoms with Crippen LogP contribution < -0.4 is 10.6 Å². The topological polar surface area (TPSA) is 100 Å². The number of anilines is 1. The van der Waals surface area contributed by atoms with Gasteiger partial charge < -0.3 is 20.1 Å². The first kappa shape index (κ1) is 20.6. The van der Waals surface area contributed by atoms with Gasteiger partial charge in [0.25, 0.3) is 0 Å². The lowest BCUT2D eigenvalue weighted by Crippen LogP contribution is -2.44. The van der Waals surface area contributed by atoms with Crippen LogP contribution in [0.2, 0.25) is 0 Å². The lowest BCUT2D eigenvalue weighted by Gasteiger charge is -2.31. The number of amides is 3. The average Bonchev–Trinajstić information content (AvgIpc) is 3.11. The quantitative estimate of drug-likeness (QED) is 0.806. The molecule has 1 aliphatic heterocycles. The van der Waals surface area contributed by atoms with E-state index in [2.05, 4.69) is 20.8 Å². The van der Waals surface area contributed by atoms with Gasteiger partial charge in [0.15, 0.2) is 5.82 Å². The zero-order chi connectivity index (χ0) is 21.0. The molecule has 0 atom stereocenters. The van der Waals surface area contributed by atoms with E-state index in [1.807, 2.05) is 0 Å². The van der Waals surface area contributed by atoms with E-state index in [-0.39, 0.29) is 24.1 Å². The summed E-state index contributed by atoms with van der Waals surface area (Å²) in [5.74, 6) is 0.360. The molecule has 2 aromatic rings. The van der Waals surface area contributed by atoms with E-state index in [1.54, 1.807) is 6.92 Å². The average molecular weight is 411 g/mol. The molecule has 1 aliphatic rings. The first-order valence-corrected chi connectivity index (χ1v) is 9.02. The molecule has 0 saturated carbocycles. The number of halogens is 3. The lowest BCUT2D eigenvalue weighted by atomic mass is 9.96. The molecule has 0 aliphatic carbocycles. The highest BCUT2D eigenvalue weighted by Gasteiger charge is 2.31. The lowest BCUT2D eigenvalue weighted by molar-refractivity contribution is -0.137. The number of urea groups is 1. The number of rotatable bonds is 4. The maximum absolute atomic E-state index is 12.8. The van der Waals surface area contributed by atoms with Gasteiger partial charge in [-0.3, -0.25) is 4.79 Å². The second kappa shape index (κ2) is 8.50. The fourth-order valence-corrected chi connectivity index (χ4v) is 3.04. The Labute approximate surface area is 164 Å². The zero-order valence-electron chi connectivity index (χ0n) is 15.6. The van der Waals surface area contributed by atoms with Crippen molar-refractivity contribution in [2.24, 2.45) is 5.92 Å². The van der Waals surface area contributed by atoms with Crippen LogP contribution in [-0.4, -0.2) is 40.1 Å². The van der Waals surface area contributed by atoms with Crippen LogP contribution >= 0.6 is 0 Å². The van der Waals surface area contributed by atoms with Crippen molar-refractivity contribution in [1.82, 2.24) is 20.4 Å². The fourth-order valence-electron chi connectivity index (χ4n) is 3.04. The number of carbonyl (C=O) groups excluding carboxylic acids is 2. The Kier molecular flexibility index (Phi) is 6.04. The van der Waals surface area contributed by atoms with Crippen LogP contribution in [0.5, 0.6) is 0 Å². The molecule has 1 fully saturated rings. The number of carbonyl (C=O) groups is 2. The normalized spacial score (nSPS) is 15.2. The van der Waals surface area contributed by atoms with Gasteiger partial charge in [0.1, 0.15) is 0 Å². The molecule has 3 rings (SSSR count). The molecule has 0 unspecified atom stereocenters. The summed E-state index contributed by atoms with van der Waals surface area (Å²) in [6.07, 6.45) is -3.58. The van der Waals surface area contributed by atoms with Crippen molar-refractivity contribution >= 4 is 17.6 Å². The van der Waals surface area contributed by atoms with Gasteiger partial charge in [0, 0.05) is 24.7 Å². The van der Waals surface area contributed by atoms with Gasteiger partial charge in [-0.1, -0.05) is 11.2 Å². The Morgan fingerprint density at radius 2 is 2.00 bits per heavy atom. The number of benzene rings is 1. The molecule has 1 aromatic heterocycles. The van der Waals surface area contributed by atoms with Crippen LogP contribution in [0.15, 0.2) is 28.8 Å². The molecule has 0 bridgehead atoms. The largest absolute Gasteiger partial charge is 0.416 e. The maximum atomic E-state index is 12.8. The minimum Gasteiger partial charge on any atom is -0.347 e. The monoisotopic (exact) mass is 411 g/mol. The van der Waals surface area contributed by atoms with E-state index in [1.165, 1.54) is 17.0 Å². The van der Waals surface area contributed by atoms with Crippen molar-refractivity contribution in [2.75, 3.05) is 18.4 Å². The highest BCUT2D eigenvalue weighted by Crippen LogP contribution is 2.30. The summed E-state index contributed by atoms with van der Waals surface area (Å²) >= 11 is 0. The summed E-state index contributed by atoms with van der Waals surface area (Å²) in [6, 6.07) is 3.96. The number of aromatic nitrogens is 2. The molecule has 1 aromatic carbocycles. The van der Waals surface area contributed by atoms with Gasteiger partial charge in [-0.05, 0) is 38.0 Å². The van der Waals surface area contributed by atoms with Crippen molar-refractivity contribution in [3.63, 3.8) is 0 Å². The second-order valence-electron chi connectivity index (χ2n) is 6.72. The van der Waals surface area contributed by atoms with Gasteiger partial charge in [0.2, 0.25) is 11.8 Å². The van der Waals surface area contributed by atoms with Crippen molar-refractivity contribution < 1.29 is 27.3 Å². The predicted octanol–water partition coefficient (Wildman–Crippen LogP) is 2.96. The maximum Gasteiger partial charge on any atom is 0.416 e. The molecule has 1 saturated heterocycles. The van der Waals surface area contributed by atoms with E-state index in [0.29, 0.717) is 37.6 Å². The van der Waals surface area contributed by atoms with Gasteiger partial charge in [-0.2, -0.15) is 18.2 Å². The molecule has 2 heterocycles. The van der Waals surface area contributed by atoms with Crippen molar-refractivity contribution in [2.45, 2.75) is 32.5 Å². The van der Waals surface area contributed by atoms with E-state index < -0.39 is 17.8 Å². The van der Waals surface area contributed by atoms with Gasteiger partial charge >= 0.3 is 12.2 Å². The standard InChI is InChI=1S/C18H20F3N5O3/c1-11-23-15(29-25-11)10-22-16(27)12-5-7-26(8-6-12)17(28)24-14-4-2-3-13(9-14)18(19,20)21/h2-4,9,12H,5-8,10H2,1H3,(H,22,27)(H,24,28). The molecule has 29 heavy (non-hydrogen) atoms. The number of aryl methyl sites for hydroxylation is 1. The van der Waals surface area contributed by atoms with Crippen LogP contribution in [0.25, 0.3) is 0 Å². The third-order valence-electron chi connectivity index (χ3n) is 4.58. The Bertz CT molecular complexity index is 876. The third kappa shape index (κ3) is 5.46. The summed E-state index contributed by atoms with van der Waals surface area (Å²) < 4.78 is 43.3. The minimum absolute atomic E-state index is 0.0690. The molecule has 11 heteroatoms. The minimum atomic E-state index is -4.48. The highest BCUT2D eigenvalue weighted by atomic mass is 19.4. The van der Waals surface area contributed by atoms with Crippen LogP contribution in [0.4, 0.5) is 23.7 Å². The van der Waals surface area contributed by atoms with E-state index in [0.717, 1.165) is 12.1 Å². The fraction of sp³-hybridized carbons (Fsp3) is 0.444. The Morgan fingerprint density at radius 1 is 1.28 bits per heavy atom. The number of hydrogen-bond donors (Lipinski definition) is 2. The summed E-state index contributed by atoms with van der Waals surface area (Å²) in [7, 11) is 0. The third-order valence-corrected chi connectivity index (χ3v) is 4.58. The smallest absolute Gasteiger partial charge is 0.347 e. The number of nitrogens with one attached hydrogen (secondary N) is 2. The van der Waals surface area contributed by atoms with Crippen LogP contribution in [0.3, 0.4) is 0 Å². The molecule has 156 valence electrons. The van der Waals surface area contributed by atoms with Crippen molar-refractivity contribution in [3.05, 3.63) is 41.5 Å². The molecule has 2 N–H and O–H groups in total. The molecule has 3 amide bonds.